The fraction of sp³-hybridized carbons (Fsp3) is 0.0833. The van der Waals surface area contributed by atoms with Crippen LogP contribution < -0.4 is 16.6 Å². The molecule has 0 fully saturated rings. The molecule has 1 heterocycles. The third kappa shape index (κ3) is 4.25. The molecule has 0 unspecified atom stereocenters. The number of anilines is 1. The van der Waals surface area contributed by atoms with Crippen LogP contribution in [0.4, 0.5) is 33.6 Å². The van der Waals surface area contributed by atoms with Gasteiger partial charge in [-0.15, -0.1) is 0 Å². The van der Waals surface area contributed by atoms with E-state index in [-0.39, 0.29) is 11.8 Å². The molecule has 1 aromatic carbocycles. The number of hydrogen-bond acceptors (Lipinski definition) is 3. The molecule has 0 aliphatic carbocycles. The van der Waals surface area contributed by atoms with Crippen molar-refractivity contribution in [2.75, 3.05) is 5.32 Å². The van der Waals surface area contributed by atoms with E-state index in [4.69, 9.17) is 5.73 Å². The molecule has 0 saturated heterocycles. The third-order valence-electron chi connectivity index (χ3n) is 2.44. The van der Waals surface area contributed by atoms with Gasteiger partial charge in [-0.05, 0) is 12.1 Å². The number of alkyl halides is 3. The number of aliphatic imine (C=N–C) groups is 1. The molecule has 0 aliphatic rings. The van der Waals surface area contributed by atoms with Crippen LogP contribution in [0.15, 0.2) is 34.1 Å². The Labute approximate surface area is 124 Å². The highest BCUT2D eigenvalue weighted by Gasteiger charge is 2.33. The van der Waals surface area contributed by atoms with Crippen LogP contribution >= 0.6 is 0 Å². The van der Waals surface area contributed by atoms with Crippen LogP contribution in [0.2, 0.25) is 0 Å². The number of rotatable bonds is 2. The first-order valence-corrected chi connectivity index (χ1v) is 5.90. The van der Waals surface area contributed by atoms with Gasteiger partial charge in [-0.25, -0.2) is 13.8 Å². The van der Waals surface area contributed by atoms with Crippen molar-refractivity contribution in [2.24, 2.45) is 10.7 Å². The minimum atomic E-state index is -4.84. The molecule has 122 valence electrons. The van der Waals surface area contributed by atoms with E-state index in [1.54, 1.807) is 0 Å². The van der Waals surface area contributed by atoms with Gasteiger partial charge in [0.2, 0.25) is 11.9 Å². The normalized spacial score (nSPS) is 12.3. The van der Waals surface area contributed by atoms with Gasteiger partial charge >= 0.3 is 6.18 Å². The first-order valence-electron chi connectivity index (χ1n) is 5.90. The van der Waals surface area contributed by atoms with Crippen molar-refractivity contribution >= 4 is 17.6 Å². The molecular weight excluding hydrogens is 325 g/mol. The molecular formula is C12H8F5N5O. The van der Waals surface area contributed by atoms with E-state index < -0.39 is 41.0 Å². The maximum atomic E-state index is 13.4. The Hall–Kier alpha value is -2.98. The van der Waals surface area contributed by atoms with E-state index >= 15 is 0 Å². The molecule has 2 aromatic rings. The van der Waals surface area contributed by atoms with Crippen molar-refractivity contribution in [2.45, 2.75) is 6.18 Å². The molecule has 11 heteroatoms. The van der Waals surface area contributed by atoms with Crippen LogP contribution in [-0.4, -0.2) is 15.9 Å². The van der Waals surface area contributed by atoms with Gasteiger partial charge in [0.1, 0.15) is 11.6 Å². The van der Waals surface area contributed by atoms with E-state index in [2.05, 4.69) is 15.3 Å². The number of nitrogens with zero attached hydrogens (tertiary/aromatic N) is 2. The zero-order valence-electron chi connectivity index (χ0n) is 11.1. The number of nitrogens with one attached hydrogen (secondary N) is 2. The Bertz CT molecular complexity index is 814. The Morgan fingerprint density at radius 1 is 1.26 bits per heavy atom. The monoisotopic (exact) mass is 333 g/mol. The maximum absolute atomic E-state index is 13.4. The molecule has 0 radical (unpaired) electrons. The summed E-state index contributed by atoms with van der Waals surface area (Å²) in [5.41, 5.74) is 2.58. The van der Waals surface area contributed by atoms with Crippen LogP contribution in [0, 0.1) is 11.6 Å². The second-order valence-corrected chi connectivity index (χ2v) is 4.20. The minimum absolute atomic E-state index is 0.252. The van der Waals surface area contributed by atoms with E-state index in [1.165, 1.54) is 0 Å². The van der Waals surface area contributed by atoms with E-state index in [1.807, 2.05) is 4.98 Å². The first kappa shape index (κ1) is 16.4. The molecule has 0 atom stereocenters. The quantitative estimate of drug-likeness (QED) is 0.446. The lowest BCUT2D eigenvalue weighted by molar-refractivity contribution is -0.141. The Balaban J connectivity index is 2.30. The van der Waals surface area contributed by atoms with Gasteiger partial charge in [0.05, 0.1) is 5.69 Å². The fourth-order valence-electron chi connectivity index (χ4n) is 1.51. The van der Waals surface area contributed by atoms with Crippen LogP contribution in [-0.2, 0) is 6.18 Å². The Kier molecular flexibility index (Phi) is 4.29. The van der Waals surface area contributed by atoms with Gasteiger partial charge in [0, 0.05) is 12.1 Å². The highest BCUT2D eigenvalue weighted by molar-refractivity contribution is 5.93. The topological polar surface area (TPSA) is 96.2 Å². The average Bonchev–Trinajstić information content (AvgIpc) is 2.40. The van der Waals surface area contributed by atoms with Crippen LogP contribution in [0.3, 0.4) is 0 Å². The van der Waals surface area contributed by atoms with Gasteiger partial charge in [0.25, 0.3) is 5.56 Å². The number of aromatic amines is 1. The highest BCUT2D eigenvalue weighted by Crippen LogP contribution is 2.27. The lowest BCUT2D eigenvalue weighted by Crippen LogP contribution is -2.23. The number of hydrogen-bond donors (Lipinski definition) is 3. The SMILES string of the molecule is N/C(=N\c1nc(C(F)(F)F)cc(=O)[nH]1)Nc1ccc(F)cc1F. The molecule has 1 aromatic heterocycles. The standard InChI is InChI=1S/C12H8F5N5O/c13-5-1-2-7(6(14)3-5)19-10(18)22-11-20-8(12(15,16)17)4-9(23)21-11/h1-4H,(H4,18,19,20,21,22,23). The molecule has 0 spiro atoms. The lowest BCUT2D eigenvalue weighted by atomic mass is 10.3. The van der Waals surface area contributed by atoms with Gasteiger partial charge < -0.3 is 11.1 Å². The Morgan fingerprint density at radius 2 is 1.96 bits per heavy atom. The van der Waals surface area contributed by atoms with Gasteiger partial charge in [-0.3, -0.25) is 9.78 Å². The number of benzene rings is 1. The second kappa shape index (κ2) is 6.02. The highest BCUT2D eigenvalue weighted by atomic mass is 19.4. The summed E-state index contributed by atoms with van der Waals surface area (Å²) in [5.74, 6) is -3.10. The molecule has 6 nitrogen and oxygen atoms in total. The summed E-state index contributed by atoms with van der Waals surface area (Å²) >= 11 is 0. The summed E-state index contributed by atoms with van der Waals surface area (Å²) in [6, 6.07) is 2.76. The molecule has 4 N–H and O–H groups in total. The molecule has 23 heavy (non-hydrogen) atoms. The summed E-state index contributed by atoms with van der Waals surface area (Å²) in [5, 5.41) is 2.21. The van der Waals surface area contributed by atoms with Gasteiger partial charge in [-0.1, -0.05) is 0 Å². The fourth-order valence-corrected chi connectivity index (χ4v) is 1.51. The van der Waals surface area contributed by atoms with Gasteiger partial charge in [0.15, 0.2) is 5.69 Å². The van der Waals surface area contributed by atoms with Crippen LogP contribution in [0.25, 0.3) is 0 Å². The van der Waals surface area contributed by atoms with E-state index in [0.29, 0.717) is 6.07 Å². The maximum Gasteiger partial charge on any atom is 0.433 e. The number of nitrogens with two attached hydrogens (primary N) is 1. The van der Waals surface area contributed by atoms with Crippen molar-refractivity contribution in [1.82, 2.24) is 9.97 Å². The summed E-state index contributed by atoms with van der Waals surface area (Å²) in [4.78, 5) is 19.6. The van der Waals surface area contributed by atoms with Crippen molar-refractivity contribution in [3.63, 3.8) is 0 Å². The number of guanidine groups is 1. The summed E-state index contributed by atoms with van der Waals surface area (Å²) in [7, 11) is 0. The summed E-state index contributed by atoms with van der Waals surface area (Å²) < 4.78 is 63.7. The lowest BCUT2D eigenvalue weighted by Gasteiger charge is -2.07. The van der Waals surface area contributed by atoms with Crippen molar-refractivity contribution in [3.05, 3.63) is 51.9 Å². The predicted octanol–water partition coefficient (Wildman–Crippen LogP) is 2.13. The number of aromatic nitrogens is 2. The molecule has 2 rings (SSSR count). The largest absolute Gasteiger partial charge is 0.433 e. The predicted molar refractivity (Wildman–Crippen MR) is 71.1 cm³/mol. The molecule has 0 aliphatic heterocycles. The Morgan fingerprint density at radius 3 is 2.57 bits per heavy atom. The summed E-state index contributed by atoms with van der Waals surface area (Å²) in [6.45, 7) is 0. The van der Waals surface area contributed by atoms with Crippen molar-refractivity contribution in [3.8, 4) is 0 Å². The van der Waals surface area contributed by atoms with Crippen LogP contribution in [0.1, 0.15) is 5.69 Å². The van der Waals surface area contributed by atoms with E-state index in [9.17, 15) is 26.7 Å². The second-order valence-electron chi connectivity index (χ2n) is 4.20. The smallest absolute Gasteiger partial charge is 0.369 e. The molecule has 0 saturated carbocycles. The molecule has 0 amide bonds. The van der Waals surface area contributed by atoms with Crippen LogP contribution in [0.5, 0.6) is 0 Å². The zero-order valence-corrected chi connectivity index (χ0v) is 11.1. The average molecular weight is 333 g/mol. The van der Waals surface area contributed by atoms with E-state index in [0.717, 1.165) is 12.1 Å². The third-order valence-corrected chi connectivity index (χ3v) is 2.44. The molecule has 0 bridgehead atoms. The van der Waals surface area contributed by atoms with Crippen molar-refractivity contribution in [1.29, 1.82) is 0 Å². The first-order chi connectivity index (χ1) is 10.6. The number of H-pyrrole nitrogens is 1. The van der Waals surface area contributed by atoms with Crippen molar-refractivity contribution < 1.29 is 22.0 Å². The summed E-state index contributed by atoms with van der Waals surface area (Å²) in [6.07, 6.45) is -4.84. The number of halogens is 5. The minimum Gasteiger partial charge on any atom is -0.369 e. The van der Waals surface area contributed by atoms with Gasteiger partial charge in [-0.2, -0.15) is 18.2 Å². The zero-order chi connectivity index (χ0) is 17.2.